The standard InChI is InChI=1S/C30H31Cl2N3O6/c1-38-26-9-6-21(29(36)34-28-24(31)16-33-17-25(28)32)14-27(26)40-22-7-8-23(15-22)41-30(37)20-4-2-19(3-5-20)18-35-10-12-39-13-11-35/h2-6,9,14,16-17,22-23H,7-8,10-13,15,18H2,1H3,(H,33,34,36)/t22-,23+/m1/s1. The topological polar surface area (TPSA) is 99.2 Å². The second-order valence-electron chi connectivity index (χ2n) is 9.96. The van der Waals surface area contributed by atoms with Gasteiger partial charge in [0.2, 0.25) is 0 Å². The van der Waals surface area contributed by atoms with Gasteiger partial charge in [-0.15, -0.1) is 0 Å². The number of ether oxygens (including phenoxy) is 4. The predicted octanol–water partition coefficient (Wildman–Crippen LogP) is 5.64. The maximum atomic E-state index is 12.9. The largest absolute Gasteiger partial charge is 0.493 e. The molecule has 2 heterocycles. The van der Waals surface area contributed by atoms with Gasteiger partial charge in [-0.3, -0.25) is 14.7 Å². The fourth-order valence-electron chi connectivity index (χ4n) is 4.90. The van der Waals surface area contributed by atoms with E-state index in [0.717, 1.165) is 38.4 Å². The molecule has 2 aromatic carbocycles. The van der Waals surface area contributed by atoms with Crippen LogP contribution >= 0.6 is 23.2 Å². The number of rotatable bonds is 9. The summed E-state index contributed by atoms with van der Waals surface area (Å²) in [7, 11) is 1.53. The van der Waals surface area contributed by atoms with Crippen LogP contribution in [-0.2, 0) is 16.0 Å². The number of benzene rings is 2. The zero-order chi connectivity index (χ0) is 28.8. The highest BCUT2D eigenvalue weighted by molar-refractivity contribution is 6.39. The van der Waals surface area contributed by atoms with Crippen LogP contribution in [0.1, 0.15) is 45.5 Å². The van der Waals surface area contributed by atoms with E-state index < -0.39 is 5.91 Å². The number of hydrogen-bond donors (Lipinski definition) is 1. The van der Waals surface area contributed by atoms with Gasteiger partial charge in [-0.2, -0.15) is 0 Å². The molecule has 216 valence electrons. The average Bonchev–Trinajstić information content (AvgIpc) is 3.42. The van der Waals surface area contributed by atoms with E-state index in [4.69, 9.17) is 42.1 Å². The number of halogens is 2. The van der Waals surface area contributed by atoms with Gasteiger partial charge in [-0.05, 0) is 48.7 Å². The highest BCUT2D eigenvalue weighted by Gasteiger charge is 2.30. The van der Waals surface area contributed by atoms with Crippen molar-refractivity contribution in [1.29, 1.82) is 0 Å². The first-order chi connectivity index (χ1) is 19.9. The molecule has 3 aromatic rings. The van der Waals surface area contributed by atoms with Crippen molar-refractivity contribution in [3.05, 3.63) is 81.6 Å². The van der Waals surface area contributed by atoms with Crippen LogP contribution in [0.15, 0.2) is 54.9 Å². The van der Waals surface area contributed by atoms with Crippen molar-refractivity contribution in [2.24, 2.45) is 0 Å². The summed E-state index contributed by atoms with van der Waals surface area (Å²) < 4.78 is 22.9. The molecule has 1 amide bonds. The minimum absolute atomic E-state index is 0.208. The second-order valence-corrected chi connectivity index (χ2v) is 10.8. The quantitative estimate of drug-likeness (QED) is 0.315. The Bertz CT molecular complexity index is 1360. The molecule has 1 saturated carbocycles. The van der Waals surface area contributed by atoms with Crippen LogP contribution in [0.4, 0.5) is 5.69 Å². The number of amides is 1. The van der Waals surface area contributed by atoms with Gasteiger partial charge in [0, 0.05) is 44.0 Å². The van der Waals surface area contributed by atoms with E-state index in [-0.39, 0.29) is 33.9 Å². The van der Waals surface area contributed by atoms with Crippen LogP contribution in [0.3, 0.4) is 0 Å². The molecule has 9 nitrogen and oxygen atoms in total. The van der Waals surface area contributed by atoms with Crippen molar-refractivity contribution in [2.75, 3.05) is 38.7 Å². The Hall–Kier alpha value is -3.37. The zero-order valence-corrected chi connectivity index (χ0v) is 24.1. The molecule has 1 N–H and O–H groups in total. The molecule has 1 aromatic heterocycles. The zero-order valence-electron chi connectivity index (χ0n) is 22.6. The molecule has 1 aliphatic heterocycles. The summed E-state index contributed by atoms with van der Waals surface area (Å²) in [5, 5.41) is 3.17. The molecule has 1 aliphatic carbocycles. The number of hydrogen-bond acceptors (Lipinski definition) is 8. The third-order valence-electron chi connectivity index (χ3n) is 7.12. The first kappa shape index (κ1) is 29.1. The smallest absolute Gasteiger partial charge is 0.338 e. The lowest BCUT2D eigenvalue weighted by Crippen LogP contribution is -2.35. The fourth-order valence-corrected chi connectivity index (χ4v) is 5.36. The fraction of sp³-hybridized carbons (Fsp3) is 0.367. The summed E-state index contributed by atoms with van der Waals surface area (Å²) in [5.41, 5.74) is 2.28. The highest BCUT2D eigenvalue weighted by Crippen LogP contribution is 2.35. The Morgan fingerprint density at radius 1 is 0.976 bits per heavy atom. The van der Waals surface area contributed by atoms with Gasteiger partial charge in [-0.25, -0.2) is 4.79 Å². The Morgan fingerprint density at radius 2 is 1.66 bits per heavy atom. The summed E-state index contributed by atoms with van der Waals surface area (Å²) in [6, 6.07) is 12.5. The van der Waals surface area contributed by atoms with Crippen molar-refractivity contribution in [1.82, 2.24) is 9.88 Å². The van der Waals surface area contributed by atoms with E-state index in [1.54, 1.807) is 18.2 Å². The maximum Gasteiger partial charge on any atom is 0.338 e. The molecule has 2 aliphatic rings. The molecule has 2 fully saturated rings. The number of carbonyl (C=O) groups excluding carboxylic acids is 2. The SMILES string of the molecule is COc1ccc(C(=O)Nc2c(Cl)cncc2Cl)cc1O[C@@H]1CC[C@H](OC(=O)c2ccc(CN3CCOCC3)cc2)C1. The van der Waals surface area contributed by atoms with Crippen molar-refractivity contribution >= 4 is 40.8 Å². The lowest BCUT2D eigenvalue weighted by Gasteiger charge is -2.26. The van der Waals surface area contributed by atoms with Crippen LogP contribution in [0, 0.1) is 0 Å². The molecule has 5 rings (SSSR count). The molecule has 41 heavy (non-hydrogen) atoms. The Kier molecular flexibility index (Phi) is 9.61. The van der Waals surface area contributed by atoms with Gasteiger partial charge in [-0.1, -0.05) is 35.3 Å². The molecular formula is C30H31Cl2N3O6. The summed E-state index contributed by atoms with van der Waals surface area (Å²) in [6.45, 7) is 4.15. The lowest BCUT2D eigenvalue weighted by atomic mass is 10.1. The first-order valence-electron chi connectivity index (χ1n) is 13.4. The van der Waals surface area contributed by atoms with Gasteiger partial charge < -0.3 is 24.3 Å². The Balaban J connectivity index is 1.16. The van der Waals surface area contributed by atoms with Gasteiger partial charge in [0.1, 0.15) is 12.2 Å². The molecule has 0 radical (unpaired) electrons. The summed E-state index contributed by atoms with van der Waals surface area (Å²) in [5.74, 6) is 0.138. The van der Waals surface area contributed by atoms with E-state index in [0.29, 0.717) is 41.9 Å². The van der Waals surface area contributed by atoms with Crippen LogP contribution in [0.2, 0.25) is 10.0 Å². The number of anilines is 1. The van der Waals surface area contributed by atoms with E-state index in [9.17, 15) is 9.59 Å². The highest BCUT2D eigenvalue weighted by atomic mass is 35.5. The molecule has 0 bridgehead atoms. The molecule has 1 saturated heterocycles. The van der Waals surface area contributed by atoms with E-state index in [1.165, 1.54) is 19.5 Å². The second kappa shape index (κ2) is 13.5. The number of esters is 1. The number of nitrogens with one attached hydrogen (secondary N) is 1. The first-order valence-corrected chi connectivity index (χ1v) is 14.2. The summed E-state index contributed by atoms with van der Waals surface area (Å²) in [4.78, 5) is 32.0. The number of aromatic nitrogens is 1. The predicted molar refractivity (Wildman–Crippen MR) is 155 cm³/mol. The van der Waals surface area contributed by atoms with Crippen molar-refractivity contribution < 1.29 is 28.5 Å². The lowest BCUT2D eigenvalue weighted by molar-refractivity contribution is 0.0293. The maximum absolute atomic E-state index is 12.9. The van der Waals surface area contributed by atoms with E-state index >= 15 is 0 Å². The average molecular weight is 600 g/mol. The number of pyridine rings is 1. The van der Waals surface area contributed by atoms with Crippen LogP contribution in [0.5, 0.6) is 11.5 Å². The number of morpholine rings is 1. The number of methoxy groups -OCH3 is 1. The third-order valence-corrected chi connectivity index (χ3v) is 7.69. The van der Waals surface area contributed by atoms with E-state index in [2.05, 4.69) is 15.2 Å². The third kappa shape index (κ3) is 7.48. The summed E-state index contributed by atoms with van der Waals surface area (Å²) >= 11 is 12.3. The summed E-state index contributed by atoms with van der Waals surface area (Å²) in [6.07, 6.45) is 4.22. The van der Waals surface area contributed by atoms with Crippen LogP contribution < -0.4 is 14.8 Å². The van der Waals surface area contributed by atoms with Crippen molar-refractivity contribution in [3.63, 3.8) is 0 Å². The van der Waals surface area contributed by atoms with Gasteiger partial charge in [0.05, 0.1) is 41.6 Å². The Morgan fingerprint density at radius 3 is 2.37 bits per heavy atom. The van der Waals surface area contributed by atoms with Crippen LogP contribution in [-0.4, -0.2) is 67.4 Å². The normalized spacial score (nSPS) is 19.0. The number of carbonyl (C=O) groups is 2. The van der Waals surface area contributed by atoms with Crippen molar-refractivity contribution in [3.8, 4) is 11.5 Å². The van der Waals surface area contributed by atoms with Gasteiger partial charge >= 0.3 is 5.97 Å². The monoisotopic (exact) mass is 599 g/mol. The van der Waals surface area contributed by atoms with Crippen LogP contribution in [0.25, 0.3) is 0 Å². The molecule has 11 heteroatoms. The molecular weight excluding hydrogens is 569 g/mol. The van der Waals surface area contributed by atoms with Gasteiger partial charge in [0.25, 0.3) is 5.91 Å². The number of nitrogens with zero attached hydrogens (tertiary/aromatic N) is 2. The van der Waals surface area contributed by atoms with Crippen molar-refractivity contribution in [2.45, 2.75) is 38.0 Å². The Labute approximate surface area is 248 Å². The minimum atomic E-state index is -0.415. The van der Waals surface area contributed by atoms with Gasteiger partial charge in [0.15, 0.2) is 11.5 Å². The van der Waals surface area contributed by atoms with E-state index in [1.807, 2.05) is 24.3 Å². The molecule has 2 atom stereocenters. The molecule has 0 spiro atoms. The minimum Gasteiger partial charge on any atom is -0.493 e. The molecule has 0 unspecified atom stereocenters.